The van der Waals surface area contributed by atoms with E-state index >= 15 is 0 Å². The summed E-state index contributed by atoms with van der Waals surface area (Å²) in [6.45, 7) is 0. The Morgan fingerprint density at radius 3 is 2.46 bits per heavy atom. The third kappa shape index (κ3) is 4.30. The number of amides is 1. The molecule has 0 spiro atoms. The quantitative estimate of drug-likeness (QED) is 0.610. The molecule has 0 atom stereocenters. The van der Waals surface area contributed by atoms with E-state index in [1.54, 1.807) is 24.5 Å². The molecule has 1 aromatic heterocycles. The predicted octanol–water partition coefficient (Wildman–Crippen LogP) is 1.91. The number of hydrogen-bond acceptors (Lipinski definition) is 6. The summed E-state index contributed by atoms with van der Waals surface area (Å²) >= 11 is 0. The Morgan fingerprint density at radius 2 is 1.79 bits per heavy atom. The highest BCUT2D eigenvalue weighted by Crippen LogP contribution is 2.23. The first kappa shape index (κ1) is 19.4. The maximum absolute atomic E-state index is 13.7. The minimum Gasteiger partial charge on any atom is -0.497 e. The Balaban J connectivity index is 1.84. The second-order valence-corrected chi connectivity index (χ2v) is 7.16. The number of ether oxygens (including phenoxy) is 1. The zero-order chi connectivity index (χ0) is 20.1. The Bertz CT molecular complexity index is 1110. The van der Waals surface area contributed by atoms with Crippen LogP contribution in [0.15, 0.2) is 65.8 Å². The first-order chi connectivity index (χ1) is 13.4. The number of aromatic nitrogens is 2. The summed E-state index contributed by atoms with van der Waals surface area (Å²) < 4.78 is 43.3. The van der Waals surface area contributed by atoms with Gasteiger partial charge in [0.25, 0.3) is 15.9 Å². The fraction of sp³-hybridized carbons (Fsp3) is 0.0556. The molecule has 1 amide bonds. The molecule has 3 rings (SSSR count). The molecular formula is C18H15FN4O4S. The van der Waals surface area contributed by atoms with Crippen LogP contribution in [-0.2, 0) is 10.0 Å². The topological polar surface area (TPSA) is 110 Å². The third-order valence-electron chi connectivity index (χ3n) is 3.65. The van der Waals surface area contributed by atoms with Crippen LogP contribution in [0.1, 0.15) is 10.4 Å². The van der Waals surface area contributed by atoms with Gasteiger partial charge in [-0.1, -0.05) is 12.1 Å². The summed E-state index contributed by atoms with van der Waals surface area (Å²) in [4.78, 5) is 21.9. The number of nitrogens with one attached hydrogen (secondary N) is 2. The highest BCUT2D eigenvalue weighted by Gasteiger charge is 2.20. The van der Waals surface area contributed by atoms with Gasteiger partial charge in [0, 0.05) is 23.5 Å². The monoisotopic (exact) mass is 402 g/mol. The van der Waals surface area contributed by atoms with Crippen LogP contribution in [0.4, 0.5) is 4.39 Å². The van der Waals surface area contributed by atoms with Gasteiger partial charge in [0.15, 0.2) is 5.82 Å². The van der Waals surface area contributed by atoms with Gasteiger partial charge in [-0.05, 0) is 36.4 Å². The number of carbonyl (C=O) groups is 1. The molecule has 28 heavy (non-hydrogen) atoms. The lowest BCUT2D eigenvalue weighted by Gasteiger charge is -2.11. The van der Waals surface area contributed by atoms with Gasteiger partial charge in [-0.25, -0.2) is 22.8 Å². The molecule has 2 aromatic carbocycles. The van der Waals surface area contributed by atoms with Crippen LogP contribution in [0.3, 0.4) is 0 Å². The average molecular weight is 402 g/mol. The van der Waals surface area contributed by atoms with E-state index in [2.05, 4.69) is 15.4 Å². The van der Waals surface area contributed by atoms with Crippen molar-refractivity contribution >= 4 is 15.9 Å². The van der Waals surface area contributed by atoms with Gasteiger partial charge in [-0.15, -0.1) is 4.83 Å². The van der Waals surface area contributed by atoms with Crippen LogP contribution < -0.4 is 15.0 Å². The van der Waals surface area contributed by atoms with E-state index in [0.717, 1.165) is 12.1 Å². The first-order valence-electron chi connectivity index (χ1n) is 7.94. The van der Waals surface area contributed by atoms with Gasteiger partial charge >= 0.3 is 0 Å². The Kier molecular flexibility index (Phi) is 5.62. The number of carbonyl (C=O) groups excluding carboxylic acids is 1. The number of nitrogens with zero attached hydrogens (tertiary/aromatic N) is 2. The molecule has 0 unspecified atom stereocenters. The molecule has 8 nitrogen and oxygen atoms in total. The summed E-state index contributed by atoms with van der Waals surface area (Å²) in [5.41, 5.74) is 2.65. The van der Waals surface area contributed by atoms with E-state index in [0.29, 0.717) is 17.1 Å². The molecule has 0 aliphatic heterocycles. The summed E-state index contributed by atoms with van der Waals surface area (Å²) in [5.74, 6) is -0.986. The van der Waals surface area contributed by atoms with Crippen molar-refractivity contribution in [2.24, 2.45) is 0 Å². The SMILES string of the molecule is COc1cc(C(=O)NNS(=O)(=O)c2ccccc2F)cc(-c2ncccn2)c1. The Labute approximate surface area is 160 Å². The lowest BCUT2D eigenvalue weighted by molar-refractivity contribution is 0.0944. The largest absolute Gasteiger partial charge is 0.497 e. The van der Waals surface area contributed by atoms with Crippen molar-refractivity contribution in [3.05, 3.63) is 72.3 Å². The zero-order valence-corrected chi connectivity index (χ0v) is 15.4. The number of methoxy groups -OCH3 is 1. The molecular weight excluding hydrogens is 387 g/mol. The molecule has 0 radical (unpaired) electrons. The van der Waals surface area contributed by atoms with Crippen LogP contribution in [0.25, 0.3) is 11.4 Å². The van der Waals surface area contributed by atoms with Crippen molar-refractivity contribution in [3.8, 4) is 17.1 Å². The van der Waals surface area contributed by atoms with E-state index in [-0.39, 0.29) is 5.56 Å². The van der Waals surface area contributed by atoms with Crippen molar-refractivity contribution in [1.82, 2.24) is 20.2 Å². The number of hydrazine groups is 1. The number of halogens is 1. The van der Waals surface area contributed by atoms with Crippen molar-refractivity contribution in [1.29, 1.82) is 0 Å². The maximum Gasteiger partial charge on any atom is 0.266 e. The van der Waals surface area contributed by atoms with Crippen molar-refractivity contribution in [3.63, 3.8) is 0 Å². The minimum absolute atomic E-state index is 0.0954. The van der Waals surface area contributed by atoms with Gasteiger partial charge in [-0.3, -0.25) is 10.2 Å². The van der Waals surface area contributed by atoms with Crippen LogP contribution in [-0.4, -0.2) is 31.4 Å². The number of hydrogen-bond donors (Lipinski definition) is 2. The van der Waals surface area contributed by atoms with Crippen LogP contribution in [0, 0.1) is 5.82 Å². The Hall–Kier alpha value is -3.37. The fourth-order valence-electron chi connectivity index (χ4n) is 2.33. The lowest BCUT2D eigenvalue weighted by Crippen LogP contribution is -2.41. The van der Waals surface area contributed by atoms with Gasteiger partial charge in [0.1, 0.15) is 16.5 Å². The van der Waals surface area contributed by atoms with Crippen molar-refractivity contribution in [2.45, 2.75) is 4.90 Å². The maximum atomic E-state index is 13.7. The summed E-state index contributed by atoms with van der Waals surface area (Å²) in [6, 6.07) is 11.0. The highest BCUT2D eigenvalue weighted by atomic mass is 32.2. The second kappa shape index (κ2) is 8.11. The summed E-state index contributed by atoms with van der Waals surface area (Å²) in [6.07, 6.45) is 3.09. The van der Waals surface area contributed by atoms with Gasteiger partial charge in [0.05, 0.1) is 7.11 Å². The molecule has 0 aliphatic rings. The fourth-order valence-corrected chi connectivity index (χ4v) is 3.25. The third-order valence-corrected chi connectivity index (χ3v) is 4.93. The number of sulfonamides is 1. The van der Waals surface area contributed by atoms with E-state index in [1.165, 1.54) is 31.4 Å². The van der Waals surface area contributed by atoms with Crippen LogP contribution in [0.2, 0.25) is 0 Å². The van der Waals surface area contributed by atoms with Gasteiger partial charge in [-0.2, -0.15) is 0 Å². The van der Waals surface area contributed by atoms with Crippen LogP contribution in [0.5, 0.6) is 5.75 Å². The first-order valence-corrected chi connectivity index (χ1v) is 9.42. The van der Waals surface area contributed by atoms with Gasteiger partial charge in [0.2, 0.25) is 0 Å². The molecule has 10 heteroatoms. The second-order valence-electron chi connectivity index (χ2n) is 5.51. The smallest absolute Gasteiger partial charge is 0.266 e. The van der Waals surface area contributed by atoms with Crippen molar-refractivity contribution < 1.29 is 22.3 Å². The van der Waals surface area contributed by atoms with Crippen molar-refractivity contribution in [2.75, 3.05) is 7.11 Å². The standard InChI is InChI=1S/C18H15FN4O4S/c1-27-14-10-12(17-20-7-4-8-21-17)9-13(11-14)18(24)22-23-28(25,26)16-6-3-2-5-15(16)19/h2-11,23H,1H3,(H,22,24). The Morgan fingerprint density at radius 1 is 1.07 bits per heavy atom. The molecule has 1 heterocycles. The molecule has 0 bridgehead atoms. The highest BCUT2D eigenvalue weighted by molar-refractivity contribution is 7.89. The number of rotatable bonds is 6. The minimum atomic E-state index is -4.28. The zero-order valence-electron chi connectivity index (χ0n) is 14.6. The van der Waals surface area contributed by atoms with E-state index in [4.69, 9.17) is 4.74 Å². The molecule has 2 N–H and O–H groups in total. The van der Waals surface area contributed by atoms with E-state index in [1.807, 2.05) is 4.83 Å². The molecule has 0 saturated carbocycles. The average Bonchev–Trinajstić information content (AvgIpc) is 2.72. The summed E-state index contributed by atoms with van der Waals surface area (Å²) in [5, 5.41) is 0. The number of benzene rings is 2. The van der Waals surface area contributed by atoms with E-state index in [9.17, 15) is 17.6 Å². The molecule has 0 fully saturated rings. The normalized spacial score (nSPS) is 11.1. The van der Waals surface area contributed by atoms with Gasteiger partial charge < -0.3 is 4.74 Å². The lowest BCUT2D eigenvalue weighted by atomic mass is 10.1. The molecule has 3 aromatic rings. The molecule has 0 aliphatic carbocycles. The predicted molar refractivity (Wildman–Crippen MR) is 98.2 cm³/mol. The van der Waals surface area contributed by atoms with Crippen LogP contribution >= 0.6 is 0 Å². The van der Waals surface area contributed by atoms with E-state index < -0.39 is 26.6 Å². The summed E-state index contributed by atoms with van der Waals surface area (Å²) in [7, 11) is -2.86. The molecule has 144 valence electrons. The molecule has 0 saturated heterocycles.